The first kappa shape index (κ1) is 20.4. The number of nitrogens with two attached hydrogens (primary N) is 2. The van der Waals surface area contributed by atoms with Crippen LogP contribution in [-0.4, -0.2) is 55.6 Å². The SMILES string of the molecule is N#CCC1CNC(C(C(=O)Nc2cnccc2O[C@H]2CCOC2)C(N)N)NC1. The fourth-order valence-corrected chi connectivity index (χ4v) is 3.39. The van der Waals surface area contributed by atoms with Crippen LogP contribution in [0.4, 0.5) is 5.69 Å². The maximum absolute atomic E-state index is 12.9. The van der Waals surface area contributed by atoms with Crippen molar-refractivity contribution in [2.45, 2.75) is 31.3 Å². The van der Waals surface area contributed by atoms with Crippen LogP contribution in [0, 0.1) is 23.2 Å². The van der Waals surface area contributed by atoms with Crippen molar-refractivity contribution in [1.82, 2.24) is 15.6 Å². The summed E-state index contributed by atoms with van der Waals surface area (Å²) in [5, 5.41) is 18.1. The molecule has 3 rings (SSSR count). The number of nitriles is 1. The molecule has 0 saturated carbocycles. The molecule has 28 heavy (non-hydrogen) atoms. The van der Waals surface area contributed by atoms with Crippen LogP contribution in [0.5, 0.6) is 5.75 Å². The number of nitrogens with zero attached hydrogens (tertiary/aromatic N) is 2. The Morgan fingerprint density at radius 1 is 1.46 bits per heavy atom. The van der Waals surface area contributed by atoms with E-state index in [2.05, 4.69) is 27.0 Å². The summed E-state index contributed by atoms with van der Waals surface area (Å²) in [6.45, 7) is 2.41. The Kier molecular flexibility index (Phi) is 7.13. The normalized spacial score (nSPS) is 25.9. The number of amides is 1. The monoisotopic (exact) mass is 389 g/mol. The van der Waals surface area contributed by atoms with Gasteiger partial charge in [0.2, 0.25) is 5.91 Å². The summed E-state index contributed by atoms with van der Waals surface area (Å²) in [5.74, 6) is -0.335. The van der Waals surface area contributed by atoms with Crippen molar-refractivity contribution >= 4 is 11.6 Å². The average Bonchev–Trinajstić information content (AvgIpc) is 3.18. The fraction of sp³-hybridized carbons (Fsp3) is 0.611. The van der Waals surface area contributed by atoms with Crippen LogP contribution < -0.4 is 32.2 Å². The summed E-state index contributed by atoms with van der Waals surface area (Å²) >= 11 is 0. The lowest BCUT2D eigenvalue weighted by Gasteiger charge is -2.36. The lowest BCUT2D eigenvalue weighted by molar-refractivity contribution is -0.122. The Bertz CT molecular complexity index is 695. The van der Waals surface area contributed by atoms with Crippen molar-refractivity contribution in [3.05, 3.63) is 18.5 Å². The molecule has 1 amide bonds. The molecule has 2 fully saturated rings. The highest BCUT2D eigenvalue weighted by Gasteiger charge is 2.35. The third-order valence-corrected chi connectivity index (χ3v) is 4.93. The molecular formula is C18H27N7O3. The van der Waals surface area contributed by atoms with Crippen molar-refractivity contribution < 1.29 is 14.3 Å². The first-order valence-corrected chi connectivity index (χ1v) is 9.42. The van der Waals surface area contributed by atoms with Gasteiger partial charge in [0.05, 0.1) is 43.7 Å². The molecular weight excluding hydrogens is 362 g/mol. The Hall–Kier alpha value is -2.29. The number of ether oxygens (including phenoxy) is 2. The first-order chi connectivity index (χ1) is 13.6. The summed E-state index contributed by atoms with van der Waals surface area (Å²) in [6.07, 6.45) is 3.07. The summed E-state index contributed by atoms with van der Waals surface area (Å²) in [4.78, 5) is 17.0. The number of aromatic nitrogens is 1. The Labute approximate surface area is 163 Å². The number of nitrogens with one attached hydrogen (secondary N) is 3. The molecule has 10 heteroatoms. The predicted octanol–water partition coefficient (Wildman–Crippen LogP) is -0.904. The summed E-state index contributed by atoms with van der Waals surface area (Å²) in [6, 6.07) is 3.86. The molecule has 1 aromatic rings. The maximum Gasteiger partial charge on any atom is 0.233 e. The van der Waals surface area contributed by atoms with Crippen LogP contribution in [0.25, 0.3) is 0 Å². The second kappa shape index (κ2) is 9.77. The predicted molar refractivity (Wildman–Crippen MR) is 102 cm³/mol. The largest absolute Gasteiger partial charge is 0.486 e. The summed E-state index contributed by atoms with van der Waals surface area (Å²) < 4.78 is 11.3. The number of rotatable bonds is 7. The van der Waals surface area contributed by atoms with Gasteiger partial charge in [0.25, 0.3) is 0 Å². The van der Waals surface area contributed by atoms with Gasteiger partial charge in [0, 0.05) is 38.2 Å². The van der Waals surface area contributed by atoms with E-state index in [1.807, 2.05) is 0 Å². The van der Waals surface area contributed by atoms with E-state index in [9.17, 15) is 4.79 Å². The highest BCUT2D eigenvalue weighted by atomic mass is 16.5. The highest BCUT2D eigenvalue weighted by molar-refractivity contribution is 5.94. The quantitative estimate of drug-likeness (QED) is 0.372. The van der Waals surface area contributed by atoms with Gasteiger partial charge in [-0.05, 0) is 5.92 Å². The van der Waals surface area contributed by atoms with Crippen LogP contribution in [0.3, 0.4) is 0 Å². The zero-order chi connectivity index (χ0) is 19.9. The Morgan fingerprint density at radius 3 is 2.89 bits per heavy atom. The topological polar surface area (TPSA) is 160 Å². The molecule has 2 saturated heterocycles. The molecule has 10 nitrogen and oxygen atoms in total. The minimum Gasteiger partial charge on any atom is -0.486 e. The molecule has 0 radical (unpaired) electrons. The smallest absolute Gasteiger partial charge is 0.233 e. The second-order valence-electron chi connectivity index (χ2n) is 7.09. The van der Waals surface area contributed by atoms with E-state index in [4.69, 9.17) is 26.2 Å². The van der Waals surface area contributed by atoms with Crippen molar-refractivity contribution in [2.24, 2.45) is 23.3 Å². The van der Waals surface area contributed by atoms with Crippen molar-refractivity contribution in [3.8, 4) is 11.8 Å². The molecule has 7 N–H and O–H groups in total. The van der Waals surface area contributed by atoms with Gasteiger partial charge in [-0.1, -0.05) is 0 Å². The van der Waals surface area contributed by atoms with Gasteiger partial charge in [-0.15, -0.1) is 0 Å². The molecule has 0 bridgehead atoms. The van der Waals surface area contributed by atoms with Crippen LogP contribution in [0.2, 0.25) is 0 Å². The van der Waals surface area contributed by atoms with Crippen molar-refractivity contribution in [2.75, 3.05) is 31.6 Å². The highest BCUT2D eigenvalue weighted by Crippen LogP contribution is 2.26. The van der Waals surface area contributed by atoms with Crippen LogP contribution in [0.15, 0.2) is 18.5 Å². The van der Waals surface area contributed by atoms with Crippen LogP contribution in [0.1, 0.15) is 12.8 Å². The van der Waals surface area contributed by atoms with E-state index in [-0.39, 0.29) is 24.1 Å². The Morgan fingerprint density at radius 2 is 2.25 bits per heavy atom. The van der Waals surface area contributed by atoms with E-state index in [0.717, 1.165) is 6.42 Å². The number of hydrogen-bond donors (Lipinski definition) is 5. The molecule has 0 aromatic carbocycles. The van der Waals surface area contributed by atoms with Gasteiger partial charge in [0.15, 0.2) is 0 Å². The number of carbonyl (C=O) groups excluding carboxylic acids is 1. The number of anilines is 1. The first-order valence-electron chi connectivity index (χ1n) is 9.42. The molecule has 1 unspecified atom stereocenters. The molecule has 0 spiro atoms. The summed E-state index contributed by atoms with van der Waals surface area (Å²) in [5.41, 5.74) is 12.3. The van der Waals surface area contributed by atoms with E-state index in [0.29, 0.717) is 44.2 Å². The second-order valence-corrected chi connectivity index (χ2v) is 7.09. The third-order valence-electron chi connectivity index (χ3n) is 4.93. The van der Waals surface area contributed by atoms with Gasteiger partial charge in [-0.2, -0.15) is 5.26 Å². The maximum atomic E-state index is 12.9. The van der Waals surface area contributed by atoms with Gasteiger partial charge in [0.1, 0.15) is 17.5 Å². The fourth-order valence-electron chi connectivity index (χ4n) is 3.39. The van der Waals surface area contributed by atoms with Gasteiger partial charge in [-0.3, -0.25) is 9.78 Å². The molecule has 152 valence electrons. The summed E-state index contributed by atoms with van der Waals surface area (Å²) in [7, 11) is 0. The zero-order valence-corrected chi connectivity index (χ0v) is 15.6. The minimum absolute atomic E-state index is 0.0515. The average molecular weight is 389 g/mol. The molecule has 1 aromatic heterocycles. The third kappa shape index (κ3) is 5.15. The van der Waals surface area contributed by atoms with E-state index in [1.165, 1.54) is 6.20 Å². The number of carbonyl (C=O) groups is 1. The lowest BCUT2D eigenvalue weighted by Crippen LogP contribution is -2.63. The molecule has 2 atom stereocenters. The van der Waals surface area contributed by atoms with E-state index >= 15 is 0 Å². The van der Waals surface area contributed by atoms with Gasteiger partial charge >= 0.3 is 0 Å². The van der Waals surface area contributed by atoms with E-state index < -0.39 is 12.1 Å². The van der Waals surface area contributed by atoms with Crippen molar-refractivity contribution in [1.29, 1.82) is 5.26 Å². The number of hydrogen-bond acceptors (Lipinski definition) is 9. The molecule has 2 aliphatic rings. The Balaban J connectivity index is 1.65. The van der Waals surface area contributed by atoms with Crippen LogP contribution >= 0.6 is 0 Å². The van der Waals surface area contributed by atoms with Crippen molar-refractivity contribution in [3.63, 3.8) is 0 Å². The zero-order valence-electron chi connectivity index (χ0n) is 15.6. The van der Waals surface area contributed by atoms with Crippen LogP contribution in [-0.2, 0) is 9.53 Å². The molecule has 2 aliphatic heterocycles. The molecule has 3 heterocycles. The van der Waals surface area contributed by atoms with Gasteiger partial charge < -0.3 is 36.9 Å². The van der Waals surface area contributed by atoms with E-state index in [1.54, 1.807) is 12.3 Å². The molecule has 0 aliphatic carbocycles. The standard InChI is InChI=1S/C18H27N7O3/c19-4-1-11-7-23-17(24-8-11)15(16(20)21)18(26)25-13-9-22-5-2-14(13)28-12-3-6-27-10-12/h2,5,9,11-12,15-17,23-24H,1,3,6-8,10,20-21H2,(H,25,26)/t11?,12-,15?,17?/m0/s1. The minimum atomic E-state index is -0.873. The number of pyridine rings is 1. The lowest BCUT2D eigenvalue weighted by atomic mass is 9.96. The van der Waals surface area contributed by atoms with Gasteiger partial charge in [-0.25, -0.2) is 0 Å².